The van der Waals surface area contributed by atoms with E-state index in [2.05, 4.69) is 112 Å². The number of halogens is 3. The number of aryl methyl sites for hydroxylation is 8. The van der Waals surface area contributed by atoms with E-state index in [1.807, 2.05) is 137 Å². The van der Waals surface area contributed by atoms with Crippen molar-refractivity contribution in [2.45, 2.75) is 212 Å². The third-order valence-electron chi connectivity index (χ3n) is 21.4. The first kappa shape index (κ1) is 85.3. The molecule has 2 aliphatic heterocycles. The van der Waals surface area contributed by atoms with Crippen LogP contribution >= 0.6 is 44.3 Å². The van der Waals surface area contributed by atoms with Gasteiger partial charge in [-0.2, -0.15) is 15.3 Å². The zero-order valence-corrected chi connectivity index (χ0v) is 71.3. The molecule has 6 atom stereocenters. The lowest BCUT2D eigenvalue weighted by Crippen LogP contribution is -2.47. The first-order valence-electron chi connectivity index (χ1n) is 38.1. The van der Waals surface area contributed by atoms with Crippen LogP contribution in [0.3, 0.4) is 0 Å². The molecular formula is C85H94Br2ClN17O10. The summed E-state index contributed by atoms with van der Waals surface area (Å²) in [6.07, 6.45) is 16.7. The highest BCUT2D eigenvalue weighted by Gasteiger charge is 2.64. The lowest BCUT2D eigenvalue weighted by atomic mass is 9.97. The number of fused-ring (bicyclic) bond motifs is 5. The number of likely N-dealkylation sites (tertiary alicyclic amines) is 1. The van der Waals surface area contributed by atoms with Gasteiger partial charge in [0.1, 0.15) is 80.9 Å². The number of aromatic nitrogens is 14. The molecule has 2 saturated heterocycles. The molecule has 15 rings (SSSR count). The molecule has 2 saturated carbocycles. The number of esters is 1. The number of aliphatic carboxylic acids is 1. The molecule has 10 heterocycles. The number of rotatable bonds is 20. The van der Waals surface area contributed by atoms with Gasteiger partial charge in [0, 0.05) is 103 Å². The maximum atomic E-state index is 14.0. The molecule has 4 fully saturated rings. The van der Waals surface area contributed by atoms with E-state index in [4.69, 9.17) is 9.84 Å². The van der Waals surface area contributed by atoms with Gasteiger partial charge in [0.25, 0.3) is 0 Å². The van der Waals surface area contributed by atoms with Crippen LogP contribution in [0.1, 0.15) is 184 Å². The van der Waals surface area contributed by atoms with Crippen molar-refractivity contribution in [1.82, 2.24) is 79.4 Å². The highest BCUT2D eigenvalue weighted by atomic mass is 79.9. The molecule has 30 heteroatoms. The van der Waals surface area contributed by atoms with Gasteiger partial charge < -0.3 is 25.4 Å². The summed E-state index contributed by atoms with van der Waals surface area (Å²) in [5.41, 5.74) is 13.7. The first-order valence-corrected chi connectivity index (χ1v) is 39.6. The van der Waals surface area contributed by atoms with Gasteiger partial charge in [-0.05, 0) is 236 Å². The van der Waals surface area contributed by atoms with Gasteiger partial charge in [-0.15, -0.1) is 12.4 Å². The van der Waals surface area contributed by atoms with Crippen LogP contribution in [-0.2, 0) is 74.0 Å². The highest BCUT2D eigenvalue weighted by Crippen LogP contribution is 2.59. The molecule has 8 aromatic heterocycles. The molecule has 600 valence electrons. The van der Waals surface area contributed by atoms with Crippen molar-refractivity contribution in [3.05, 3.63) is 175 Å². The van der Waals surface area contributed by atoms with Gasteiger partial charge in [0.05, 0.1) is 34.7 Å². The standard InChI is InChI=1S/C31H32BrN7O3.C22H26N4O3.C18H18N4O3.C14H17BrN2O.ClH/c1-6-19-9-20(21-13-33-18(4)34-14-21)10-22-27(17(3)40)37-38(28(19)22)15-26(41)39-23(11-31(5)12-24(31)39)30(42)36-29-16(2)7-8-25(32)35-29;1-7-15-8-16(17-10-23-14(3)24-11-17)9-18-20(13(2)27)25-26(21(15)18)12-19(28)29-22(4,5)6;1-4-12-5-13(14-7-19-11(3)20-8-14)6-15-17(10(2)23)21-22(18(12)15)9-16(24)25;1-8-3-4-13(15)17-9(8)5-11(18)10-6-14(2)7-12(14)16-10;/h7-10,13-14,23-24H,6,11-12,15H2,1-5H3,(H,35,36,42);8-11H,7,12H2,1-6H3;5-8H,4,9H2,1-3H3,(H,24,25);3-4,10,12,16H,5-7H2,1-2H3;1H/t23-,24+,31-;;;10-,12+,14-;/m0..0./s1. The Bertz CT molecular complexity index is 5660. The van der Waals surface area contributed by atoms with Gasteiger partial charge in [-0.3, -0.25) is 52.4 Å². The second-order valence-electron chi connectivity index (χ2n) is 31.4. The molecule has 0 bridgehead atoms. The third-order valence-corrected chi connectivity index (χ3v) is 22.3. The molecular weight excluding hydrogens is 1610 g/mol. The summed E-state index contributed by atoms with van der Waals surface area (Å²) < 4.78 is 11.5. The van der Waals surface area contributed by atoms with Crippen molar-refractivity contribution in [3.63, 3.8) is 0 Å². The lowest BCUT2D eigenvalue weighted by molar-refractivity contribution is -0.155. The van der Waals surface area contributed by atoms with Crippen LogP contribution < -0.4 is 10.6 Å². The highest BCUT2D eigenvalue weighted by molar-refractivity contribution is 9.10. The quantitative estimate of drug-likeness (QED) is 0.0362. The number of amides is 2. The maximum Gasteiger partial charge on any atom is 0.328 e. The second kappa shape index (κ2) is 34.4. The Hall–Kier alpha value is -10.6. The number of carboxylic acids is 1. The monoisotopic (exact) mass is 1710 g/mol. The number of Topliss-reactive ketones (excluding diaryl/α,β-unsaturated/α-hetero) is 4. The van der Waals surface area contributed by atoms with E-state index >= 15 is 0 Å². The number of carbonyl (C=O) groups is 8. The number of benzene rings is 3. The van der Waals surface area contributed by atoms with Crippen LogP contribution in [0.4, 0.5) is 5.82 Å². The molecule has 4 aliphatic rings. The van der Waals surface area contributed by atoms with E-state index in [0.717, 1.165) is 101 Å². The largest absolute Gasteiger partial charge is 0.480 e. The molecule has 11 aromatic rings. The average molecular weight is 1710 g/mol. The number of carbonyl (C=O) groups excluding carboxylic acids is 7. The number of carboxylic acid groups (broad SMARTS) is 1. The number of piperidine rings is 2. The van der Waals surface area contributed by atoms with E-state index in [0.29, 0.717) is 99.1 Å². The molecule has 2 amide bonds. The minimum Gasteiger partial charge on any atom is -0.480 e. The molecule has 3 aromatic carbocycles. The van der Waals surface area contributed by atoms with Gasteiger partial charge in [-0.25, -0.2) is 39.9 Å². The van der Waals surface area contributed by atoms with Crippen molar-refractivity contribution >= 4 is 130 Å². The Morgan fingerprint density at radius 2 is 0.965 bits per heavy atom. The van der Waals surface area contributed by atoms with Crippen molar-refractivity contribution in [2.75, 3.05) is 5.32 Å². The summed E-state index contributed by atoms with van der Waals surface area (Å²) in [5, 5.41) is 30.9. The minimum absolute atomic E-state index is 0. The molecule has 115 heavy (non-hydrogen) atoms. The zero-order valence-electron chi connectivity index (χ0n) is 67.3. The fraction of sp³-hybridized carbons (Fsp3) is 0.400. The van der Waals surface area contributed by atoms with Crippen molar-refractivity contribution in [1.29, 1.82) is 0 Å². The minimum atomic E-state index is -1.00. The van der Waals surface area contributed by atoms with Gasteiger partial charge in [0.15, 0.2) is 23.1 Å². The molecule has 0 radical (unpaired) electrons. The summed E-state index contributed by atoms with van der Waals surface area (Å²) in [5.74, 6) is 0.414. The predicted octanol–water partition coefficient (Wildman–Crippen LogP) is 14.4. The Morgan fingerprint density at radius 1 is 0.548 bits per heavy atom. The average Bonchev–Trinajstić information content (AvgIpc) is 1.49. The predicted molar refractivity (Wildman–Crippen MR) is 446 cm³/mol. The van der Waals surface area contributed by atoms with Crippen molar-refractivity contribution < 1.29 is 48.2 Å². The van der Waals surface area contributed by atoms with E-state index in [1.54, 1.807) is 51.4 Å². The number of hydrogen-bond donors (Lipinski definition) is 3. The first-order chi connectivity index (χ1) is 53.9. The number of nitrogens with zero attached hydrogens (tertiary/aromatic N) is 15. The van der Waals surface area contributed by atoms with E-state index in [1.165, 1.54) is 31.9 Å². The Labute approximate surface area is 689 Å². The topological polar surface area (TPSA) is 350 Å². The van der Waals surface area contributed by atoms with Crippen molar-refractivity contribution in [3.8, 4) is 33.4 Å². The maximum absolute atomic E-state index is 14.0. The second-order valence-corrected chi connectivity index (χ2v) is 33.1. The number of nitrogens with one attached hydrogen (secondary N) is 2. The number of pyridine rings is 2. The summed E-state index contributed by atoms with van der Waals surface area (Å²) in [6, 6.07) is 19.3. The molecule has 0 spiro atoms. The van der Waals surface area contributed by atoms with E-state index in [-0.39, 0.29) is 90.2 Å². The molecule has 3 N–H and O–H groups in total. The summed E-state index contributed by atoms with van der Waals surface area (Å²) >= 11 is 6.72. The van der Waals surface area contributed by atoms with Crippen LogP contribution in [0.5, 0.6) is 0 Å². The molecule has 2 aliphatic carbocycles. The van der Waals surface area contributed by atoms with Gasteiger partial charge in [0.2, 0.25) is 11.8 Å². The van der Waals surface area contributed by atoms with E-state index < -0.39 is 23.6 Å². The number of ketones is 4. The van der Waals surface area contributed by atoms with Crippen LogP contribution in [-0.4, -0.2) is 156 Å². The summed E-state index contributed by atoms with van der Waals surface area (Å²) in [4.78, 5) is 136. The summed E-state index contributed by atoms with van der Waals surface area (Å²) in [6.45, 7) is 29.2. The van der Waals surface area contributed by atoms with Gasteiger partial charge >= 0.3 is 11.9 Å². The Balaban J connectivity index is 0.000000157. The third kappa shape index (κ3) is 19.0. The SMILES string of the molecule is CCc1cc(-c2cnc(C)nc2)cc2c(C(C)=O)nn(CC(=O)N3[C@H](C(=O)Nc4nc(Br)ccc4C)C[C@@]4(C)C[C@@H]34)c12.CCc1cc(-c2cnc(C)nc2)cc2c(C(C)=O)nn(CC(=O)O)c12.CCc1cc(-c2cnc(C)nc2)cc2c(C(C)=O)nn(CC(=O)OC(C)(C)C)c12.Cc1ccc(Br)nc1CC(=O)[C@@H]1C[C@@]2(C)C[C@H]2N1.Cl. The smallest absolute Gasteiger partial charge is 0.328 e. The molecule has 27 nitrogen and oxygen atoms in total. The Morgan fingerprint density at radius 3 is 1.37 bits per heavy atom. The van der Waals surface area contributed by atoms with Crippen molar-refractivity contribution in [2.24, 2.45) is 10.8 Å². The van der Waals surface area contributed by atoms with Gasteiger partial charge in [-0.1, -0.05) is 46.8 Å². The van der Waals surface area contributed by atoms with Crippen LogP contribution in [0.25, 0.3) is 66.1 Å². The molecule has 0 unspecified atom stereocenters. The van der Waals surface area contributed by atoms with E-state index in [9.17, 15) is 38.4 Å². The lowest BCUT2D eigenvalue weighted by Gasteiger charge is -2.27. The normalized spacial score (nSPS) is 18.2. The van der Waals surface area contributed by atoms with Crippen LogP contribution in [0.2, 0.25) is 0 Å². The zero-order chi connectivity index (χ0) is 82.3. The van der Waals surface area contributed by atoms with Crippen LogP contribution in [0.15, 0.2) is 107 Å². The fourth-order valence-corrected chi connectivity index (χ4v) is 15.8. The number of anilines is 1. The Kier molecular flexibility index (Phi) is 25.5. The number of ether oxygens (including phenoxy) is 1. The fourth-order valence-electron chi connectivity index (χ4n) is 15.2. The van der Waals surface area contributed by atoms with Crippen LogP contribution in [0, 0.1) is 45.4 Å². The number of hydrogen-bond acceptors (Lipinski definition) is 21. The summed E-state index contributed by atoms with van der Waals surface area (Å²) in [7, 11) is 0.